The Hall–Kier alpha value is -0.120. The lowest BCUT2D eigenvalue weighted by molar-refractivity contribution is 0.0968. The highest BCUT2D eigenvalue weighted by Gasteiger charge is 2.27. The van der Waals surface area contributed by atoms with Crippen molar-refractivity contribution in [3.63, 3.8) is 0 Å². The fourth-order valence-corrected chi connectivity index (χ4v) is 3.15. The van der Waals surface area contributed by atoms with Gasteiger partial charge in [0.05, 0.1) is 0 Å². The third-order valence-corrected chi connectivity index (χ3v) is 4.79. The minimum Gasteiger partial charge on any atom is -0.317 e. The van der Waals surface area contributed by atoms with Crippen LogP contribution in [-0.4, -0.2) is 62.7 Å². The maximum absolute atomic E-state index is 3.54. The molecule has 1 N–H and O–H groups in total. The maximum atomic E-state index is 3.54. The van der Waals surface area contributed by atoms with Crippen molar-refractivity contribution in [3.05, 3.63) is 0 Å². The van der Waals surface area contributed by atoms with E-state index in [4.69, 9.17) is 0 Å². The number of rotatable bonds is 5. The van der Waals surface area contributed by atoms with Gasteiger partial charge in [-0.15, -0.1) is 0 Å². The van der Waals surface area contributed by atoms with Crippen LogP contribution in [0.25, 0.3) is 0 Å². The van der Waals surface area contributed by atoms with Gasteiger partial charge in [-0.3, -0.25) is 0 Å². The SMILES string of the molecule is CNC(CC1CCC1)CC1CN(C)CCN1C. The molecular formula is C14H29N3. The fourth-order valence-electron chi connectivity index (χ4n) is 3.15. The van der Waals surface area contributed by atoms with E-state index < -0.39 is 0 Å². The van der Waals surface area contributed by atoms with E-state index >= 15 is 0 Å². The molecule has 0 aromatic rings. The highest BCUT2D eigenvalue weighted by atomic mass is 15.3. The summed E-state index contributed by atoms with van der Waals surface area (Å²) in [4.78, 5) is 5.02. The van der Waals surface area contributed by atoms with E-state index in [-0.39, 0.29) is 0 Å². The van der Waals surface area contributed by atoms with Gasteiger partial charge >= 0.3 is 0 Å². The smallest absolute Gasteiger partial charge is 0.0235 e. The quantitative estimate of drug-likeness (QED) is 0.782. The van der Waals surface area contributed by atoms with Gasteiger partial charge < -0.3 is 15.1 Å². The van der Waals surface area contributed by atoms with Crippen LogP contribution in [0.4, 0.5) is 0 Å². The summed E-state index contributed by atoms with van der Waals surface area (Å²) < 4.78 is 0. The van der Waals surface area contributed by atoms with Gasteiger partial charge in [0.2, 0.25) is 0 Å². The molecule has 100 valence electrons. The van der Waals surface area contributed by atoms with Crippen LogP contribution in [0.5, 0.6) is 0 Å². The van der Waals surface area contributed by atoms with E-state index in [0.717, 1.165) is 18.0 Å². The Labute approximate surface area is 107 Å². The van der Waals surface area contributed by atoms with E-state index in [2.05, 4.69) is 36.3 Å². The zero-order valence-corrected chi connectivity index (χ0v) is 11.8. The molecule has 2 atom stereocenters. The Morgan fingerprint density at radius 3 is 2.53 bits per heavy atom. The highest BCUT2D eigenvalue weighted by Crippen LogP contribution is 2.31. The highest BCUT2D eigenvalue weighted by molar-refractivity contribution is 4.85. The molecule has 1 saturated carbocycles. The monoisotopic (exact) mass is 239 g/mol. The summed E-state index contributed by atoms with van der Waals surface area (Å²) in [5.41, 5.74) is 0. The predicted molar refractivity (Wildman–Crippen MR) is 73.3 cm³/mol. The number of piperazine rings is 1. The van der Waals surface area contributed by atoms with Crippen LogP contribution in [0.1, 0.15) is 32.1 Å². The van der Waals surface area contributed by atoms with Crippen LogP contribution >= 0.6 is 0 Å². The van der Waals surface area contributed by atoms with Crippen molar-refractivity contribution in [2.75, 3.05) is 40.8 Å². The molecule has 0 spiro atoms. The van der Waals surface area contributed by atoms with Crippen LogP contribution in [0, 0.1) is 5.92 Å². The Bertz CT molecular complexity index is 228. The normalized spacial score (nSPS) is 30.2. The summed E-state index contributed by atoms with van der Waals surface area (Å²) in [7, 11) is 6.67. The third-order valence-electron chi connectivity index (χ3n) is 4.79. The molecule has 1 heterocycles. The molecule has 1 saturated heterocycles. The summed E-state index contributed by atoms with van der Waals surface area (Å²) in [6.07, 6.45) is 7.11. The van der Waals surface area contributed by atoms with Crippen LogP contribution in [0.15, 0.2) is 0 Å². The Morgan fingerprint density at radius 2 is 1.94 bits per heavy atom. The molecule has 2 aliphatic rings. The van der Waals surface area contributed by atoms with E-state index in [1.165, 1.54) is 51.7 Å². The van der Waals surface area contributed by atoms with Gasteiger partial charge in [-0.2, -0.15) is 0 Å². The lowest BCUT2D eigenvalue weighted by Crippen LogP contribution is -2.52. The van der Waals surface area contributed by atoms with Gasteiger partial charge in [-0.1, -0.05) is 19.3 Å². The lowest BCUT2D eigenvalue weighted by Gasteiger charge is -2.40. The summed E-state index contributed by atoms with van der Waals surface area (Å²) in [6.45, 7) is 3.68. The second-order valence-corrected chi connectivity index (χ2v) is 6.15. The van der Waals surface area contributed by atoms with Crippen molar-refractivity contribution in [2.45, 2.75) is 44.2 Å². The van der Waals surface area contributed by atoms with Crippen LogP contribution < -0.4 is 5.32 Å². The van der Waals surface area contributed by atoms with Gasteiger partial charge in [0.25, 0.3) is 0 Å². The Morgan fingerprint density at radius 1 is 1.18 bits per heavy atom. The molecule has 0 radical (unpaired) electrons. The maximum Gasteiger partial charge on any atom is 0.0235 e. The van der Waals surface area contributed by atoms with Gasteiger partial charge in [0.15, 0.2) is 0 Å². The zero-order valence-electron chi connectivity index (χ0n) is 11.8. The third kappa shape index (κ3) is 3.67. The minimum absolute atomic E-state index is 0.722. The number of likely N-dealkylation sites (N-methyl/N-ethyl adjacent to an activating group) is 2. The summed E-state index contributed by atoms with van der Waals surface area (Å²) >= 11 is 0. The van der Waals surface area contributed by atoms with Crippen molar-refractivity contribution >= 4 is 0 Å². The van der Waals surface area contributed by atoms with Crippen LogP contribution in [0.3, 0.4) is 0 Å². The number of hydrogen-bond acceptors (Lipinski definition) is 3. The first-order valence-electron chi connectivity index (χ1n) is 7.25. The first-order valence-corrected chi connectivity index (χ1v) is 7.25. The molecule has 0 aromatic heterocycles. The topological polar surface area (TPSA) is 18.5 Å². The molecular weight excluding hydrogens is 210 g/mol. The summed E-state index contributed by atoms with van der Waals surface area (Å²) in [5.74, 6) is 1.01. The van der Waals surface area contributed by atoms with E-state index in [1.807, 2.05) is 0 Å². The molecule has 17 heavy (non-hydrogen) atoms. The second kappa shape index (κ2) is 6.17. The average Bonchev–Trinajstić information content (AvgIpc) is 2.26. The second-order valence-electron chi connectivity index (χ2n) is 6.15. The van der Waals surface area contributed by atoms with Crippen LogP contribution in [-0.2, 0) is 0 Å². The molecule has 1 aliphatic heterocycles. The Balaban J connectivity index is 1.79. The molecule has 3 nitrogen and oxygen atoms in total. The minimum atomic E-state index is 0.722. The van der Waals surface area contributed by atoms with Crippen molar-refractivity contribution in [2.24, 2.45) is 5.92 Å². The van der Waals surface area contributed by atoms with Gasteiger partial charge in [-0.05, 0) is 39.9 Å². The number of hydrogen-bond donors (Lipinski definition) is 1. The van der Waals surface area contributed by atoms with Crippen LogP contribution in [0.2, 0.25) is 0 Å². The van der Waals surface area contributed by atoms with Gasteiger partial charge in [-0.25, -0.2) is 0 Å². The number of nitrogens with one attached hydrogen (secondary N) is 1. The molecule has 2 fully saturated rings. The molecule has 2 rings (SSSR count). The molecule has 2 unspecified atom stereocenters. The van der Waals surface area contributed by atoms with E-state index in [0.29, 0.717) is 0 Å². The molecule has 0 bridgehead atoms. The molecule has 0 amide bonds. The average molecular weight is 239 g/mol. The Kier molecular flexibility index (Phi) is 4.83. The predicted octanol–water partition coefficient (Wildman–Crippen LogP) is 1.40. The first kappa shape index (κ1) is 13.3. The van der Waals surface area contributed by atoms with Crippen molar-refractivity contribution in [3.8, 4) is 0 Å². The molecule has 0 aromatic carbocycles. The van der Waals surface area contributed by atoms with Crippen molar-refractivity contribution < 1.29 is 0 Å². The van der Waals surface area contributed by atoms with Gasteiger partial charge in [0, 0.05) is 31.7 Å². The standard InChI is InChI=1S/C14H29N3/c1-15-13(9-12-5-4-6-12)10-14-11-16(2)7-8-17(14)3/h12-15H,4-11H2,1-3H3. The van der Waals surface area contributed by atoms with E-state index in [9.17, 15) is 0 Å². The largest absolute Gasteiger partial charge is 0.317 e. The molecule has 1 aliphatic carbocycles. The van der Waals surface area contributed by atoms with Gasteiger partial charge in [0.1, 0.15) is 0 Å². The molecule has 3 heteroatoms. The van der Waals surface area contributed by atoms with Crippen molar-refractivity contribution in [1.29, 1.82) is 0 Å². The summed E-state index contributed by atoms with van der Waals surface area (Å²) in [5, 5.41) is 3.54. The zero-order chi connectivity index (χ0) is 12.3. The summed E-state index contributed by atoms with van der Waals surface area (Å²) in [6, 6.07) is 1.46. The lowest BCUT2D eigenvalue weighted by atomic mass is 9.79. The first-order chi connectivity index (χ1) is 8.19. The van der Waals surface area contributed by atoms with E-state index in [1.54, 1.807) is 0 Å². The fraction of sp³-hybridized carbons (Fsp3) is 1.00. The van der Waals surface area contributed by atoms with Crippen molar-refractivity contribution in [1.82, 2.24) is 15.1 Å². The number of nitrogens with zero attached hydrogens (tertiary/aromatic N) is 2.